The van der Waals surface area contributed by atoms with E-state index in [-0.39, 0.29) is 11.4 Å². The van der Waals surface area contributed by atoms with Crippen molar-refractivity contribution in [2.75, 3.05) is 19.8 Å². The predicted molar refractivity (Wildman–Crippen MR) is 161 cm³/mol. The van der Waals surface area contributed by atoms with Gasteiger partial charge in [-0.15, -0.1) is 6.58 Å². The molecule has 0 bridgehead atoms. The highest BCUT2D eigenvalue weighted by Gasteiger charge is 2.36. The van der Waals surface area contributed by atoms with Gasteiger partial charge in [0.25, 0.3) is 5.91 Å². The summed E-state index contributed by atoms with van der Waals surface area (Å²) in [5, 5.41) is 11.3. The van der Waals surface area contributed by atoms with Gasteiger partial charge in [-0.3, -0.25) is 15.1 Å². The number of para-hydroxylation sites is 1. The standard InChI is InChI=1S/C32H29N3O4S/c1-3-10-24-13-8-9-14-27(24)38-17-18-39-28-16-15-22(20-29(28)37-4-2)19-25-30(33)35-26(23-11-6-5-7-12-23)21-40-32(35)34-31(25)36/h3,5-9,11-16,19-21,33H,1,4,10,17-18H2,2H3/b25-19-,33-30?. The molecular formula is C32H29N3O4S. The number of hydrogen-bond donors (Lipinski definition) is 1. The van der Waals surface area contributed by atoms with Gasteiger partial charge in [-0.25, -0.2) is 0 Å². The van der Waals surface area contributed by atoms with Crippen LogP contribution in [0.3, 0.4) is 0 Å². The molecule has 0 fully saturated rings. The zero-order valence-electron chi connectivity index (χ0n) is 22.1. The molecule has 202 valence electrons. The molecule has 0 radical (unpaired) electrons. The van der Waals surface area contributed by atoms with Crippen molar-refractivity contribution in [1.29, 1.82) is 5.41 Å². The number of nitrogens with zero attached hydrogens (tertiary/aromatic N) is 2. The molecule has 0 unspecified atom stereocenters. The maximum atomic E-state index is 12.9. The Morgan fingerprint density at radius 1 is 0.950 bits per heavy atom. The number of allylic oxidation sites excluding steroid dienone is 1. The molecule has 0 aliphatic carbocycles. The molecule has 1 N–H and O–H groups in total. The molecule has 2 aliphatic heterocycles. The van der Waals surface area contributed by atoms with Gasteiger partial charge < -0.3 is 14.2 Å². The van der Waals surface area contributed by atoms with Crippen LogP contribution in [0.25, 0.3) is 11.8 Å². The lowest BCUT2D eigenvalue weighted by Gasteiger charge is -2.27. The Morgan fingerprint density at radius 3 is 2.48 bits per heavy atom. The topological polar surface area (TPSA) is 84.2 Å². The van der Waals surface area contributed by atoms with Crippen LogP contribution in [0.1, 0.15) is 23.6 Å². The van der Waals surface area contributed by atoms with Gasteiger partial charge in [0, 0.05) is 5.41 Å². The highest BCUT2D eigenvalue weighted by atomic mass is 32.2. The Labute approximate surface area is 238 Å². The third kappa shape index (κ3) is 5.87. The monoisotopic (exact) mass is 551 g/mol. The summed E-state index contributed by atoms with van der Waals surface area (Å²) in [6, 6.07) is 23.1. The van der Waals surface area contributed by atoms with E-state index in [0.29, 0.717) is 42.1 Å². The van der Waals surface area contributed by atoms with Crippen LogP contribution in [0.2, 0.25) is 0 Å². The van der Waals surface area contributed by atoms with E-state index in [1.807, 2.05) is 79.1 Å². The first-order valence-corrected chi connectivity index (χ1v) is 13.8. The first kappa shape index (κ1) is 27.0. The van der Waals surface area contributed by atoms with E-state index in [0.717, 1.165) is 29.0 Å². The molecule has 3 aromatic carbocycles. The summed E-state index contributed by atoms with van der Waals surface area (Å²) in [6.45, 7) is 6.83. The molecule has 8 heteroatoms. The van der Waals surface area contributed by atoms with Gasteiger partial charge in [0.05, 0.1) is 17.9 Å². The van der Waals surface area contributed by atoms with E-state index in [4.69, 9.17) is 19.6 Å². The summed E-state index contributed by atoms with van der Waals surface area (Å²) in [5.74, 6) is 1.57. The average Bonchev–Trinajstić information content (AvgIpc) is 3.40. The maximum Gasteiger partial charge on any atom is 0.283 e. The highest BCUT2D eigenvalue weighted by molar-refractivity contribution is 8.17. The molecule has 0 spiro atoms. The van der Waals surface area contributed by atoms with Crippen molar-refractivity contribution in [3.8, 4) is 17.2 Å². The van der Waals surface area contributed by atoms with E-state index in [1.54, 1.807) is 23.1 Å². The van der Waals surface area contributed by atoms with Crippen LogP contribution in [0.4, 0.5) is 0 Å². The van der Waals surface area contributed by atoms with Crippen LogP contribution in [-0.2, 0) is 11.2 Å². The molecule has 0 aromatic heterocycles. The van der Waals surface area contributed by atoms with Gasteiger partial charge in [-0.05, 0) is 54.3 Å². The third-order valence-corrected chi connectivity index (χ3v) is 7.02. The van der Waals surface area contributed by atoms with Gasteiger partial charge >= 0.3 is 0 Å². The SMILES string of the molecule is C=CCc1ccccc1OCCOc1ccc(/C=C2/C(=N)N3C(c4ccccc4)=CSC3=NC2=O)cc1OCC. The van der Waals surface area contributed by atoms with Crippen molar-refractivity contribution < 1.29 is 19.0 Å². The lowest BCUT2D eigenvalue weighted by molar-refractivity contribution is -0.114. The number of benzene rings is 3. The van der Waals surface area contributed by atoms with Crippen molar-refractivity contribution in [1.82, 2.24) is 4.90 Å². The summed E-state index contributed by atoms with van der Waals surface area (Å²) in [5.41, 5.74) is 3.75. The number of aliphatic imine (C=N–C) groups is 1. The zero-order chi connectivity index (χ0) is 27.9. The molecule has 40 heavy (non-hydrogen) atoms. The minimum atomic E-state index is -0.446. The number of fused-ring (bicyclic) bond motifs is 1. The summed E-state index contributed by atoms with van der Waals surface area (Å²) in [6.07, 6.45) is 4.25. The minimum Gasteiger partial charge on any atom is -0.490 e. The Kier molecular flexibility index (Phi) is 8.47. The Bertz CT molecular complexity index is 1530. The van der Waals surface area contributed by atoms with Gasteiger partial charge in [-0.1, -0.05) is 72.4 Å². The number of ether oxygens (including phenoxy) is 3. The fraction of sp³-hybridized carbons (Fsp3) is 0.156. The Morgan fingerprint density at radius 2 is 1.70 bits per heavy atom. The molecule has 1 amide bonds. The van der Waals surface area contributed by atoms with Crippen LogP contribution in [-0.4, -0.2) is 41.6 Å². The summed E-state index contributed by atoms with van der Waals surface area (Å²) in [7, 11) is 0. The van der Waals surface area contributed by atoms with Crippen molar-refractivity contribution >= 4 is 40.4 Å². The van der Waals surface area contributed by atoms with Crippen LogP contribution in [0.15, 0.2) is 101 Å². The maximum absolute atomic E-state index is 12.9. The van der Waals surface area contributed by atoms with Crippen LogP contribution in [0.5, 0.6) is 17.2 Å². The number of amides is 1. The highest BCUT2D eigenvalue weighted by Crippen LogP contribution is 2.38. The lowest BCUT2D eigenvalue weighted by atomic mass is 10.1. The summed E-state index contributed by atoms with van der Waals surface area (Å²) >= 11 is 1.34. The van der Waals surface area contributed by atoms with Crippen molar-refractivity contribution in [3.05, 3.63) is 113 Å². The Hall–Kier alpha value is -4.56. The third-order valence-electron chi connectivity index (χ3n) is 6.20. The second kappa shape index (κ2) is 12.5. The molecule has 0 saturated carbocycles. The molecule has 0 atom stereocenters. The van der Waals surface area contributed by atoms with E-state index in [2.05, 4.69) is 11.6 Å². The van der Waals surface area contributed by atoms with E-state index in [1.165, 1.54) is 11.8 Å². The van der Waals surface area contributed by atoms with E-state index >= 15 is 0 Å². The van der Waals surface area contributed by atoms with Gasteiger partial charge in [0.15, 0.2) is 16.7 Å². The number of rotatable bonds is 11. The van der Waals surface area contributed by atoms with Gasteiger partial charge in [0.2, 0.25) is 0 Å². The Balaban J connectivity index is 1.31. The van der Waals surface area contributed by atoms with Crippen LogP contribution in [0, 0.1) is 5.41 Å². The molecular weight excluding hydrogens is 522 g/mol. The normalized spacial score (nSPS) is 15.4. The largest absolute Gasteiger partial charge is 0.490 e. The lowest BCUT2D eigenvalue weighted by Crippen LogP contribution is -2.38. The van der Waals surface area contributed by atoms with Crippen LogP contribution < -0.4 is 14.2 Å². The first-order valence-electron chi connectivity index (χ1n) is 13.0. The summed E-state index contributed by atoms with van der Waals surface area (Å²) < 4.78 is 17.7. The van der Waals surface area contributed by atoms with Crippen molar-refractivity contribution in [3.63, 3.8) is 0 Å². The van der Waals surface area contributed by atoms with Gasteiger partial charge in [-0.2, -0.15) is 4.99 Å². The predicted octanol–water partition coefficient (Wildman–Crippen LogP) is 6.58. The van der Waals surface area contributed by atoms with Gasteiger partial charge in [0.1, 0.15) is 24.8 Å². The number of nitrogens with one attached hydrogen (secondary N) is 1. The van der Waals surface area contributed by atoms with Crippen LogP contribution >= 0.6 is 11.8 Å². The number of amidine groups is 2. The molecule has 2 aliphatic rings. The zero-order valence-corrected chi connectivity index (χ0v) is 22.9. The molecule has 2 heterocycles. The van der Waals surface area contributed by atoms with E-state index in [9.17, 15) is 4.79 Å². The second-order valence-corrected chi connectivity index (χ2v) is 9.70. The summed E-state index contributed by atoms with van der Waals surface area (Å²) in [4.78, 5) is 18.9. The van der Waals surface area contributed by atoms with E-state index < -0.39 is 5.91 Å². The smallest absolute Gasteiger partial charge is 0.283 e. The number of hydrogen-bond acceptors (Lipinski definition) is 6. The molecule has 5 rings (SSSR count). The van der Waals surface area contributed by atoms with Crippen molar-refractivity contribution in [2.24, 2.45) is 4.99 Å². The fourth-order valence-electron chi connectivity index (χ4n) is 4.36. The van der Waals surface area contributed by atoms with Crippen molar-refractivity contribution in [2.45, 2.75) is 13.3 Å². The fourth-order valence-corrected chi connectivity index (χ4v) is 5.24. The first-order chi connectivity index (χ1) is 19.6. The molecule has 7 nitrogen and oxygen atoms in total. The average molecular weight is 552 g/mol. The number of thioether (sulfide) groups is 1. The number of carbonyl (C=O) groups is 1. The molecule has 3 aromatic rings. The quantitative estimate of drug-likeness (QED) is 0.165. The number of carbonyl (C=O) groups excluding carboxylic acids is 1. The second-order valence-electron chi connectivity index (χ2n) is 8.87. The minimum absolute atomic E-state index is 0.0854. The molecule has 0 saturated heterocycles.